The van der Waals surface area contributed by atoms with E-state index in [9.17, 15) is 4.79 Å². The Morgan fingerprint density at radius 3 is 3.19 bits per heavy atom. The van der Waals surface area contributed by atoms with Crippen molar-refractivity contribution in [2.24, 2.45) is 0 Å². The molecule has 1 aromatic carbocycles. The Bertz CT molecular complexity index is 646. The first-order valence-corrected chi connectivity index (χ1v) is 7.15. The summed E-state index contributed by atoms with van der Waals surface area (Å²) in [7, 11) is 0. The number of hydrogen-bond acceptors (Lipinski definition) is 6. The lowest BCUT2D eigenvalue weighted by atomic mass is 10.2. The second kappa shape index (κ2) is 6.05. The molecule has 1 aliphatic rings. The van der Waals surface area contributed by atoms with Gasteiger partial charge in [0.2, 0.25) is 5.95 Å². The van der Waals surface area contributed by atoms with Crippen LogP contribution in [-0.2, 0) is 9.53 Å². The van der Waals surface area contributed by atoms with Crippen molar-refractivity contribution in [1.82, 2.24) is 15.3 Å². The second-order valence-electron chi connectivity index (χ2n) is 4.89. The number of aromatic nitrogens is 2. The molecule has 3 rings (SSSR count). The van der Waals surface area contributed by atoms with Crippen molar-refractivity contribution >= 4 is 22.8 Å². The lowest BCUT2D eigenvalue weighted by molar-refractivity contribution is -0.144. The van der Waals surface area contributed by atoms with Crippen molar-refractivity contribution < 1.29 is 9.53 Å². The third-order valence-corrected chi connectivity index (χ3v) is 3.54. The van der Waals surface area contributed by atoms with Gasteiger partial charge < -0.3 is 15.0 Å². The number of hydrogen-bond donors (Lipinski definition) is 1. The number of esters is 1. The number of piperazine rings is 1. The highest BCUT2D eigenvalue weighted by Gasteiger charge is 2.31. The minimum atomic E-state index is -0.375. The molecule has 1 aromatic heterocycles. The Morgan fingerprint density at radius 1 is 1.48 bits per heavy atom. The van der Waals surface area contributed by atoms with E-state index in [2.05, 4.69) is 15.3 Å². The van der Waals surface area contributed by atoms with Crippen LogP contribution < -0.4 is 10.2 Å². The van der Waals surface area contributed by atoms with Crippen molar-refractivity contribution in [3.05, 3.63) is 30.5 Å². The molecule has 2 heterocycles. The fraction of sp³-hybridized carbons (Fsp3) is 0.400. The van der Waals surface area contributed by atoms with E-state index in [4.69, 9.17) is 4.74 Å². The molecule has 1 aliphatic heterocycles. The van der Waals surface area contributed by atoms with Gasteiger partial charge in [0.15, 0.2) is 0 Å². The highest BCUT2D eigenvalue weighted by molar-refractivity contribution is 5.82. The van der Waals surface area contributed by atoms with Crippen molar-refractivity contribution in [1.29, 1.82) is 0 Å². The van der Waals surface area contributed by atoms with Crippen LogP contribution in [0.4, 0.5) is 5.95 Å². The molecule has 1 fully saturated rings. The van der Waals surface area contributed by atoms with Crippen LogP contribution in [0, 0.1) is 0 Å². The maximum Gasteiger partial charge on any atom is 0.330 e. The number of ether oxygens (including phenoxy) is 1. The van der Waals surface area contributed by atoms with Crippen LogP contribution in [0.5, 0.6) is 0 Å². The predicted molar refractivity (Wildman–Crippen MR) is 80.2 cm³/mol. The first-order chi connectivity index (χ1) is 10.3. The number of rotatable bonds is 3. The number of nitrogens with one attached hydrogen (secondary N) is 1. The minimum Gasteiger partial charge on any atom is -0.464 e. The summed E-state index contributed by atoms with van der Waals surface area (Å²) < 4.78 is 5.14. The number of para-hydroxylation sites is 1. The van der Waals surface area contributed by atoms with Gasteiger partial charge in [0, 0.05) is 31.2 Å². The van der Waals surface area contributed by atoms with Gasteiger partial charge in [0.05, 0.1) is 12.1 Å². The summed E-state index contributed by atoms with van der Waals surface area (Å²) in [5.74, 6) is 0.342. The molecule has 21 heavy (non-hydrogen) atoms. The van der Waals surface area contributed by atoms with Crippen LogP contribution in [0.2, 0.25) is 0 Å². The SMILES string of the molecule is CCOC(=O)C1CNCCN1c1ncc2ccccc2n1. The van der Waals surface area contributed by atoms with Gasteiger partial charge in [-0.3, -0.25) is 0 Å². The number of carbonyl (C=O) groups is 1. The summed E-state index contributed by atoms with van der Waals surface area (Å²) in [5.41, 5.74) is 0.878. The molecule has 0 spiro atoms. The van der Waals surface area contributed by atoms with Gasteiger partial charge in [0.1, 0.15) is 6.04 Å². The molecular formula is C15H18N4O2. The maximum absolute atomic E-state index is 12.1. The summed E-state index contributed by atoms with van der Waals surface area (Å²) in [6.07, 6.45) is 1.79. The summed E-state index contributed by atoms with van der Waals surface area (Å²) in [4.78, 5) is 23.0. The molecule has 0 bridgehead atoms. The zero-order valence-corrected chi connectivity index (χ0v) is 12.0. The Balaban J connectivity index is 1.92. The molecule has 1 unspecified atom stereocenters. The number of nitrogens with zero attached hydrogens (tertiary/aromatic N) is 3. The van der Waals surface area contributed by atoms with Crippen LogP contribution in [0.15, 0.2) is 30.5 Å². The summed E-state index contributed by atoms with van der Waals surface area (Å²) in [6, 6.07) is 7.44. The molecule has 110 valence electrons. The van der Waals surface area contributed by atoms with Gasteiger partial charge in [-0.05, 0) is 13.0 Å². The lowest BCUT2D eigenvalue weighted by Gasteiger charge is -2.34. The normalized spacial score (nSPS) is 18.7. The van der Waals surface area contributed by atoms with E-state index in [0.29, 0.717) is 25.6 Å². The van der Waals surface area contributed by atoms with Gasteiger partial charge in [-0.1, -0.05) is 18.2 Å². The third-order valence-electron chi connectivity index (χ3n) is 3.54. The maximum atomic E-state index is 12.1. The van der Waals surface area contributed by atoms with E-state index in [1.807, 2.05) is 36.1 Å². The Hall–Kier alpha value is -2.21. The smallest absolute Gasteiger partial charge is 0.330 e. The molecule has 6 heteroatoms. The highest BCUT2D eigenvalue weighted by atomic mass is 16.5. The van der Waals surface area contributed by atoms with Gasteiger partial charge in [-0.15, -0.1) is 0 Å². The Kier molecular flexibility index (Phi) is 3.96. The van der Waals surface area contributed by atoms with Crippen LogP contribution >= 0.6 is 0 Å². The van der Waals surface area contributed by atoms with E-state index in [1.54, 1.807) is 6.20 Å². The molecule has 0 saturated carbocycles. The van der Waals surface area contributed by atoms with E-state index >= 15 is 0 Å². The minimum absolute atomic E-state index is 0.235. The number of benzene rings is 1. The zero-order valence-electron chi connectivity index (χ0n) is 12.0. The molecular weight excluding hydrogens is 268 g/mol. The zero-order chi connectivity index (χ0) is 14.7. The van der Waals surface area contributed by atoms with Crippen molar-refractivity contribution in [3.8, 4) is 0 Å². The average molecular weight is 286 g/mol. The van der Waals surface area contributed by atoms with Crippen LogP contribution in [-0.4, -0.2) is 48.2 Å². The largest absolute Gasteiger partial charge is 0.464 e. The van der Waals surface area contributed by atoms with Crippen LogP contribution in [0.25, 0.3) is 10.9 Å². The predicted octanol–water partition coefficient (Wildman–Crippen LogP) is 0.971. The molecule has 1 saturated heterocycles. The van der Waals surface area contributed by atoms with Crippen LogP contribution in [0.3, 0.4) is 0 Å². The van der Waals surface area contributed by atoms with Gasteiger partial charge in [0.25, 0.3) is 0 Å². The second-order valence-corrected chi connectivity index (χ2v) is 4.89. The Morgan fingerprint density at radius 2 is 2.33 bits per heavy atom. The van der Waals surface area contributed by atoms with Gasteiger partial charge >= 0.3 is 5.97 Å². The van der Waals surface area contributed by atoms with E-state index in [-0.39, 0.29) is 12.0 Å². The molecule has 6 nitrogen and oxygen atoms in total. The van der Waals surface area contributed by atoms with Gasteiger partial charge in [-0.2, -0.15) is 0 Å². The highest BCUT2D eigenvalue weighted by Crippen LogP contribution is 2.18. The summed E-state index contributed by atoms with van der Waals surface area (Å²) in [5, 5.41) is 4.20. The van der Waals surface area contributed by atoms with E-state index < -0.39 is 0 Å². The third kappa shape index (κ3) is 2.80. The van der Waals surface area contributed by atoms with Crippen molar-refractivity contribution in [2.45, 2.75) is 13.0 Å². The number of fused-ring (bicyclic) bond motifs is 1. The molecule has 0 amide bonds. The fourth-order valence-corrected chi connectivity index (χ4v) is 2.49. The first-order valence-electron chi connectivity index (χ1n) is 7.15. The van der Waals surface area contributed by atoms with Crippen molar-refractivity contribution in [3.63, 3.8) is 0 Å². The number of anilines is 1. The van der Waals surface area contributed by atoms with Crippen molar-refractivity contribution in [2.75, 3.05) is 31.1 Å². The molecule has 2 aromatic rings. The van der Waals surface area contributed by atoms with E-state index in [0.717, 1.165) is 17.4 Å². The number of carbonyl (C=O) groups excluding carboxylic acids is 1. The lowest BCUT2D eigenvalue weighted by Crippen LogP contribution is -2.56. The first kappa shape index (κ1) is 13.8. The monoisotopic (exact) mass is 286 g/mol. The van der Waals surface area contributed by atoms with Gasteiger partial charge in [-0.25, -0.2) is 14.8 Å². The van der Waals surface area contributed by atoms with E-state index in [1.165, 1.54) is 0 Å². The molecule has 0 aliphatic carbocycles. The van der Waals surface area contributed by atoms with Crippen LogP contribution in [0.1, 0.15) is 6.92 Å². The molecule has 1 atom stereocenters. The summed E-state index contributed by atoms with van der Waals surface area (Å²) >= 11 is 0. The topological polar surface area (TPSA) is 67.3 Å². The summed E-state index contributed by atoms with van der Waals surface area (Å²) in [6.45, 7) is 4.22. The Labute approximate surface area is 123 Å². The average Bonchev–Trinajstić information content (AvgIpc) is 2.54. The molecule has 0 radical (unpaired) electrons. The fourth-order valence-electron chi connectivity index (χ4n) is 2.49. The molecule has 1 N–H and O–H groups in total. The standard InChI is InChI=1S/C15H18N4O2/c1-2-21-14(20)13-10-16-7-8-19(13)15-17-9-11-5-3-4-6-12(11)18-15/h3-6,9,13,16H,2,7-8,10H2,1H3. The quantitative estimate of drug-likeness (QED) is 0.848.